The van der Waals surface area contributed by atoms with E-state index in [0.717, 1.165) is 0 Å². The number of nitrogens with one attached hydrogen (secondary N) is 1. The summed E-state index contributed by atoms with van der Waals surface area (Å²) in [7, 11) is 0. The fourth-order valence-corrected chi connectivity index (χ4v) is 1.36. The SMILES string of the molecule is CC(C)(C)OCC(=O)CNC(=O)c1ccc(Cl)cc1. The molecule has 1 amide bonds. The van der Waals surface area contributed by atoms with E-state index in [9.17, 15) is 9.59 Å². The van der Waals surface area contributed by atoms with Gasteiger partial charge in [0.15, 0.2) is 5.78 Å². The van der Waals surface area contributed by atoms with Gasteiger partial charge in [0.2, 0.25) is 0 Å². The van der Waals surface area contributed by atoms with Crippen molar-refractivity contribution in [3.8, 4) is 0 Å². The topological polar surface area (TPSA) is 55.4 Å². The lowest BCUT2D eigenvalue weighted by atomic mass is 10.2. The van der Waals surface area contributed by atoms with Crippen molar-refractivity contribution >= 4 is 23.3 Å². The van der Waals surface area contributed by atoms with Crippen LogP contribution in [0.5, 0.6) is 0 Å². The lowest BCUT2D eigenvalue weighted by Crippen LogP contribution is -2.33. The minimum Gasteiger partial charge on any atom is -0.368 e. The minimum atomic E-state index is -0.365. The Morgan fingerprint density at radius 3 is 2.32 bits per heavy atom. The number of Topliss-reactive ketones (excluding diaryl/α,β-unsaturated/α-hetero) is 1. The van der Waals surface area contributed by atoms with Crippen LogP contribution in [-0.2, 0) is 9.53 Å². The Morgan fingerprint density at radius 1 is 1.21 bits per heavy atom. The lowest BCUT2D eigenvalue weighted by Gasteiger charge is -2.18. The molecule has 0 aromatic heterocycles. The number of rotatable bonds is 5. The quantitative estimate of drug-likeness (QED) is 0.903. The van der Waals surface area contributed by atoms with E-state index in [-0.39, 0.29) is 30.4 Å². The Bertz CT molecular complexity index is 449. The maximum atomic E-state index is 11.7. The molecule has 1 rings (SSSR count). The molecule has 0 saturated heterocycles. The molecule has 104 valence electrons. The van der Waals surface area contributed by atoms with E-state index in [0.29, 0.717) is 10.6 Å². The maximum absolute atomic E-state index is 11.7. The summed E-state index contributed by atoms with van der Waals surface area (Å²) in [6.45, 7) is 5.55. The highest BCUT2D eigenvalue weighted by Crippen LogP contribution is 2.09. The first-order valence-electron chi connectivity index (χ1n) is 5.97. The van der Waals surface area contributed by atoms with Crippen molar-refractivity contribution in [2.75, 3.05) is 13.2 Å². The zero-order valence-corrected chi connectivity index (χ0v) is 12.1. The largest absolute Gasteiger partial charge is 0.368 e. The molecule has 0 aliphatic heterocycles. The summed E-state index contributed by atoms with van der Waals surface area (Å²) in [6, 6.07) is 6.46. The van der Waals surface area contributed by atoms with Crippen LogP contribution >= 0.6 is 11.6 Å². The van der Waals surface area contributed by atoms with Crippen molar-refractivity contribution in [2.45, 2.75) is 26.4 Å². The second kappa shape index (κ2) is 6.68. The number of amides is 1. The van der Waals surface area contributed by atoms with Crippen molar-refractivity contribution < 1.29 is 14.3 Å². The zero-order chi connectivity index (χ0) is 14.5. The second-order valence-electron chi connectivity index (χ2n) is 5.13. The van der Waals surface area contributed by atoms with Crippen LogP contribution < -0.4 is 5.32 Å². The summed E-state index contributed by atoms with van der Waals surface area (Å²) >= 11 is 5.73. The predicted octanol–water partition coefficient (Wildman–Crippen LogP) is 2.45. The number of halogens is 1. The number of hydrogen-bond donors (Lipinski definition) is 1. The maximum Gasteiger partial charge on any atom is 0.251 e. The van der Waals surface area contributed by atoms with Crippen LogP contribution in [0, 0.1) is 0 Å². The van der Waals surface area contributed by atoms with Gasteiger partial charge in [-0.1, -0.05) is 11.6 Å². The van der Waals surface area contributed by atoms with Crippen LogP contribution in [0.25, 0.3) is 0 Å². The van der Waals surface area contributed by atoms with Gasteiger partial charge in [0.25, 0.3) is 5.91 Å². The molecular formula is C14H18ClNO3. The number of ether oxygens (including phenoxy) is 1. The van der Waals surface area contributed by atoms with Gasteiger partial charge in [0.1, 0.15) is 6.61 Å². The fraction of sp³-hybridized carbons (Fsp3) is 0.429. The van der Waals surface area contributed by atoms with Gasteiger partial charge in [-0.05, 0) is 45.0 Å². The van der Waals surface area contributed by atoms with Crippen molar-refractivity contribution in [3.63, 3.8) is 0 Å². The highest BCUT2D eigenvalue weighted by atomic mass is 35.5. The molecule has 0 aliphatic rings. The zero-order valence-electron chi connectivity index (χ0n) is 11.3. The molecule has 0 bridgehead atoms. The average molecular weight is 284 g/mol. The van der Waals surface area contributed by atoms with Gasteiger partial charge in [0, 0.05) is 10.6 Å². The van der Waals surface area contributed by atoms with Gasteiger partial charge in [-0.15, -0.1) is 0 Å². The first-order valence-corrected chi connectivity index (χ1v) is 6.35. The number of hydrogen-bond acceptors (Lipinski definition) is 3. The van der Waals surface area contributed by atoms with E-state index in [2.05, 4.69) is 5.32 Å². The molecule has 19 heavy (non-hydrogen) atoms. The van der Waals surface area contributed by atoms with Crippen LogP contribution in [-0.4, -0.2) is 30.4 Å². The third-order valence-corrected chi connectivity index (χ3v) is 2.47. The molecule has 1 aromatic carbocycles. The number of carbonyl (C=O) groups is 2. The third kappa shape index (κ3) is 6.36. The molecule has 0 atom stereocenters. The van der Waals surface area contributed by atoms with Crippen LogP contribution in [0.15, 0.2) is 24.3 Å². The summed E-state index contributed by atoms with van der Waals surface area (Å²) in [4.78, 5) is 23.2. The highest BCUT2D eigenvalue weighted by Gasteiger charge is 2.13. The van der Waals surface area contributed by atoms with Gasteiger partial charge in [0.05, 0.1) is 12.1 Å². The van der Waals surface area contributed by atoms with Crippen LogP contribution in [0.3, 0.4) is 0 Å². The molecule has 0 spiro atoms. The van der Waals surface area contributed by atoms with E-state index in [1.165, 1.54) is 0 Å². The van der Waals surface area contributed by atoms with E-state index >= 15 is 0 Å². The number of benzene rings is 1. The van der Waals surface area contributed by atoms with Gasteiger partial charge < -0.3 is 10.1 Å². The molecule has 1 aromatic rings. The van der Waals surface area contributed by atoms with E-state index in [4.69, 9.17) is 16.3 Å². The molecule has 0 fully saturated rings. The molecule has 0 heterocycles. The Labute approximate surface area is 118 Å². The molecule has 4 nitrogen and oxygen atoms in total. The third-order valence-electron chi connectivity index (χ3n) is 2.22. The van der Waals surface area contributed by atoms with Gasteiger partial charge in [-0.3, -0.25) is 9.59 Å². The lowest BCUT2D eigenvalue weighted by molar-refractivity contribution is -0.127. The van der Waals surface area contributed by atoms with Crippen LogP contribution in [0.4, 0.5) is 0 Å². The Morgan fingerprint density at radius 2 is 1.79 bits per heavy atom. The van der Waals surface area contributed by atoms with E-state index in [1.54, 1.807) is 24.3 Å². The molecule has 0 aliphatic carbocycles. The summed E-state index contributed by atoms with van der Waals surface area (Å²) in [5.41, 5.74) is 0.101. The van der Waals surface area contributed by atoms with E-state index in [1.807, 2.05) is 20.8 Å². The predicted molar refractivity (Wildman–Crippen MR) is 74.5 cm³/mol. The average Bonchev–Trinajstić information content (AvgIpc) is 2.33. The molecule has 5 heteroatoms. The summed E-state index contributed by atoms with van der Waals surface area (Å²) in [5.74, 6) is -0.474. The Hall–Kier alpha value is -1.39. The highest BCUT2D eigenvalue weighted by molar-refractivity contribution is 6.30. The van der Waals surface area contributed by atoms with Crippen LogP contribution in [0.1, 0.15) is 31.1 Å². The molecule has 0 unspecified atom stereocenters. The van der Waals surface area contributed by atoms with Crippen molar-refractivity contribution in [3.05, 3.63) is 34.9 Å². The minimum absolute atomic E-state index is 0.00953. The molecular weight excluding hydrogens is 266 g/mol. The molecule has 1 N–H and O–H groups in total. The van der Waals surface area contributed by atoms with Crippen LogP contribution in [0.2, 0.25) is 5.02 Å². The summed E-state index contributed by atoms with van der Waals surface area (Å²) < 4.78 is 5.33. The van der Waals surface area contributed by atoms with Crippen molar-refractivity contribution in [2.24, 2.45) is 0 Å². The van der Waals surface area contributed by atoms with Crippen molar-refractivity contribution in [1.82, 2.24) is 5.32 Å². The van der Waals surface area contributed by atoms with Crippen molar-refractivity contribution in [1.29, 1.82) is 0 Å². The van der Waals surface area contributed by atoms with Gasteiger partial charge in [-0.2, -0.15) is 0 Å². The van der Waals surface area contributed by atoms with E-state index < -0.39 is 0 Å². The fourth-order valence-electron chi connectivity index (χ4n) is 1.23. The first-order chi connectivity index (χ1) is 8.78. The second-order valence-corrected chi connectivity index (χ2v) is 5.57. The van der Waals surface area contributed by atoms with Gasteiger partial charge in [-0.25, -0.2) is 0 Å². The molecule has 0 radical (unpaired) electrons. The Kier molecular flexibility index (Phi) is 5.51. The Balaban J connectivity index is 2.38. The molecule has 0 saturated carbocycles. The first kappa shape index (κ1) is 15.7. The number of carbonyl (C=O) groups excluding carboxylic acids is 2. The normalized spacial score (nSPS) is 11.2. The van der Waals surface area contributed by atoms with Gasteiger partial charge >= 0.3 is 0 Å². The summed E-state index contributed by atoms with van der Waals surface area (Å²) in [5, 5.41) is 3.10. The number of ketones is 1. The smallest absolute Gasteiger partial charge is 0.251 e. The monoisotopic (exact) mass is 283 g/mol. The standard InChI is InChI=1S/C14H18ClNO3/c1-14(2,3)19-9-12(17)8-16-13(18)10-4-6-11(15)7-5-10/h4-7H,8-9H2,1-3H3,(H,16,18). The summed E-state index contributed by atoms with van der Waals surface area (Å²) in [6.07, 6.45) is 0.